The molecule has 0 atom stereocenters. The minimum atomic E-state index is -0.168. The van der Waals surface area contributed by atoms with Crippen LogP contribution in [-0.4, -0.2) is 10.9 Å². The molecule has 0 spiro atoms. The molecular formula is C22H22N2O2. The molecule has 0 aliphatic carbocycles. The first-order chi connectivity index (χ1) is 12.4. The maximum atomic E-state index is 12.1. The second kappa shape index (κ2) is 7.40. The van der Waals surface area contributed by atoms with Crippen LogP contribution < -0.4 is 10.1 Å². The minimum Gasteiger partial charge on any atom is -0.439 e. The van der Waals surface area contributed by atoms with Crippen LogP contribution in [0.3, 0.4) is 0 Å². The maximum absolute atomic E-state index is 12.1. The normalized spacial score (nSPS) is 11.0. The van der Waals surface area contributed by atoms with Crippen LogP contribution in [-0.2, 0) is 5.41 Å². The van der Waals surface area contributed by atoms with Crippen molar-refractivity contribution < 1.29 is 9.53 Å². The number of pyridine rings is 1. The summed E-state index contributed by atoms with van der Waals surface area (Å²) in [6.45, 7) is 6.52. The largest absolute Gasteiger partial charge is 0.439 e. The molecule has 26 heavy (non-hydrogen) atoms. The van der Waals surface area contributed by atoms with E-state index in [0.29, 0.717) is 17.1 Å². The number of carbonyl (C=O) groups excluding carboxylic acids is 1. The van der Waals surface area contributed by atoms with Crippen molar-refractivity contribution in [3.8, 4) is 11.6 Å². The monoisotopic (exact) mass is 346 g/mol. The van der Waals surface area contributed by atoms with E-state index in [1.165, 1.54) is 5.56 Å². The van der Waals surface area contributed by atoms with Gasteiger partial charge < -0.3 is 10.1 Å². The topological polar surface area (TPSA) is 51.2 Å². The van der Waals surface area contributed by atoms with Gasteiger partial charge in [-0.05, 0) is 41.3 Å². The van der Waals surface area contributed by atoms with Crippen LogP contribution in [0.1, 0.15) is 36.7 Å². The Balaban J connectivity index is 1.63. The molecule has 2 aromatic carbocycles. The Hall–Kier alpha value is -3.14. The predicted molar refractivity (Wildman–Crippen MR) is 104 cm³/mol. The second-order valence-corrected chi connectivity index (χ2v) is 7.08. The van der Waals surface area contributed by atoms with Crippen molar-refractivity contribution in [2.45, 2.75) is 26.2 Å². The van der Waals surface area contributed by atoms with E-state index in [1.54, 1.807) is 30.5 Å². The number of nitrogens with zero attached hydrogens (tertiary/aromatic N) is 1. The average Bonchev–Trinajstić information content (AvgIpc) is 2.64. The molecule has 0 saturated carbocycles. The van der Waals surface area contributed by atoms with E-state index in [1.807, 2.05) is 30.3 Å². The summed E-state index contributed by atoms with van der Waals surface area (Å²) in [7, 11) is 0. The number of benzene rings is 2. The number of hydrogen-bond acceptors (Lipinski definition) is 3. The number of ether oxygens (including phenoxy) is 1. The van der Waals surface area contributed by atoms with Gasteiger partial charge in [0, 0.05) is 11.6 Å². The third-order valence-corrected chi connectivity index (χ3v) is 3.97. The second-order valence-electron chi connectivity index (χ2n) is 7.08. The van der Waals surface area contributed by atoms with Crippen molar-refractivity contribution in [1.82, 2.24) is 4.98 Å². The molecule has 1 amide bonds. The van der Waals surface area contributed by atoms with Gasteiger partial charge >= 0.3 is 0 Å². The van der Waals surface area contributed by atoms with Crippen molar-refractivity contribution in [2.24, 2.45) is 0 Å². The fourth-order valence-electron chi connectivity index (χ4n) is 2.45. The highest BCUT2D eigenvalue weighted by atomic mass is 16.5. The summed E-state index contributed by atoms with van der Waals surface area (Å²) in [5.41, 5.74) is 2.58. The molecule has 0 radical (unpaired) electrons. The summed E-state index contributed by atoms with van der Waals surface area (Å²) >= 11 is 0. The molecule has 0 unspecified atom stereocenters. The Morgan fingerprint density at radius 2 is 1.62 bits per heavy atom. The molecule has 3 rings (SSSR count). The van der Waals surface area contributed by atoms with Crippen molar-refractivity contribution in [1.29, 1.82) is 0 Å². The van der Waals surface area contributed by atoms with Crippen molar-refractivity contribution >= 4 is 11.6 Å². The Bertz CT molecular complexity index is 865. The van der Waals surface area contributed by atoms with Gasteiger partial charge in [-0.1, -0.05) is 51.1 Å². The zero-order chi connectivity index (χ0) is 18.6. The number of amides is 1. The first kappa shape index (κ1) is 17.7. The van der Waals surface area contributed by atoms with Gasteiger partial charge in [0.05, 0.1) is 11.9 Å². The van der Waals surface area contributed by atoms with E-state index >= 15 is 0 Å². The van der Waals surface area contributed by atoms with E-state index in [2.05, 4.69) is 43.2 Å². The highest BCUT2D eigenvalue weighted by Gasteiger charge is 2.13. The van der Waals surface area contributed by atoms with Crippen LogP contribution in [0, 0.1) is 0 Å². The summed E-state index contributed by atoms with van der Waals surface area (Å²) in [4.78, 5) is 16.4. The number of anilines is 1. The van der Waals surface area contributed by atoms with Crippen molar-refractivity contribution in [2.75, 3.05) is 5.32 Å². The smallest absolute Gasteiger partial charge is 0.255 e. The molecule has 3 aromatic rings. The van der Waals surface area contributed by atoms with E-state index in [0.717, 1.165) is 5.75 Å². The van der Waals surface area contributed by atoms with E-state index in [9.17, 15) is 4.79 Å². The third kappa shape index (κ3) is 4.48. The first-order valence-corrected chi connectivity index (χ1v) is 8.53. The van der Waals surface area contributed by atoms with Crippen LogP contribution >= 0.6 is 0 Å². The Kier molecular flexibility index (Phi) is 5.03. The molecule has 0 aliphatic heterocycles. The van der Waals surface area contributed by atoms with Gasteiger partial charge in [0.25, 0.3) is 5.91 Å². The van der Waals surface area contributed by atoms with E-state index < -0.39 is 0 Å². The predicted octanol–water partition coefficient (Wildman–Crippen LogP) is 5.42. The van der Waals surface area contributed by atoms with Crippen LogP contribution in [0.4, 0.5) is 5.69 Å². The lowest BCUT2D eigenvalue weighted by atomic mass is 9.87. The molecule has 1 aromatic heterocycles. The first-order valence-electron chi connectivity index (χ1n) is 8.53. The number of rotatable bonds is 4. The Morgan fingerprint density at radius 3 is 2.19 bits per heavy atom. The molecule has 1 N–H and O–H groups in total. The highest BCUT2D eigenvalue weighted by molar-refractivity contribution is 6.04. The summed E-state index contributed by atoms with van der Waals surface area (Å²) in [6.07, 6.45) is 1.58. The summed E-state index contributed by atoms with van der Waals surface area (Å²) in [5, 5.41) is 2.82. The summed E-state index contributed by atoms with van der Waals surface area (Å²) < 4.78 is 5.77. The van der Waals surface area contributed by atoms with Crippen LogP contribution in [0.25, 0.3) is 0 Å². The van der Waals surface area contributed by atoms with Crippen LogP contribution in [0.2, 0.25) is 0 Å². The van der Waals surface area contributed by atoms with Gasteiger partial charge in [-0.2, -0.15) is 0 Å². The van der Waals surface area contributed by atoms with Crippen LogP contribution in [0.5, 0.6) is 11.6 Å². The average molecular weight is 346 g/mol. The summed E-state index contributed by atoms with van der Waals surface area (Å²) in [6, 6.07) is 20.6. The van der Waals surface area contributed by atoms with Gasteiger partial charge in [-0.25, -0.2) is 4.98 Å². The summed E-state index contributed by atoms with van der Waals surface area (Å²) in [5.74, 6) is 1.04. The number of hydrogen-bond donors (Lipinski definition) is 1. The lowest BCUT2D eigenvalue weighted by molar-refractivity contribution is 0.102. The zero-order valence-electron chi connectivity index (χ0n) is 15.2. The number of carbonyl (C=O) groups is 1. The number of nitrogens with one attached hydrogen (secondary N) is 1. The molecular weight excluding hydrogens is 324 g/mol. The lowest BCUT2D eigenvalue weighted by Crippen LogP contribution is -2.11. The molecule has 132 valence electrons. The van der Waals surface area contributed by atoms with E-state index in [4.69, 9.17) is 4.74 Å². The van der Waals surface area contributed by atoms with Gasteiger partial charge in [-0.3, -0.25) is 4.79 Å². The molecule has 0 fully saturated rings. The lowest BCUT2D eigenvalue weighted by Gasteiger charge is -2.19. The third-order valence-electron chi connectivity index (χ3n) is 3.97. The van der Waals surface area contributed by atoms with E-state index in [-0.39, 0.29) is 11.3 Å². The SMILES string of the molecule is CC(C)(C)c1ccc(Oc2ccc(NC(=O)c3ccccc3)cn2)cc1. The van der Waals surface area contributed by atoms with Crippen LogP contribution in [0.15, 0.2) is 72.9 Å². The van der Waals surface area contributed by atoms with Crippen molar-refractivity contribution in [3.63, 3.8) is 0 Å². The van der Waals surface area contributed by atoms with Gasteiger partial charge in [0.2, 0.25) is 5.88 Å². The van der Waals surface area contributed by atoms with Gasteiger partial charge in [-0.15, -0.1) is 0 Å². The molecule has 0 aliphatic rings. The Labute approximate surface area is 153 Å². The standard InChI is InChI=1S/C22H22N2O2/c1-22(2,3)17-9-12-19(13-10-17)26-20-14-11-18(15-23-20)24-21(25)16-7-5-4-6-8-16/h4-15H,1-3H3,(H,24,25). The molecule has 4 nitrogen and oxygen atoms in total. The molecule has 0 bridgehead atoms. The number of aromatic nitrogens is 1. The van der Waals surface area contributed by atoms with Gasteiger partial charge in [0.15, 0.2) is 0 Å². The highest BCUT2D eigenvalue weighted by Crippen LogP contribution is 2.26. The minimum absolute atomic E-state index is 0.107. The fourth-order valence-corrected chi connectivity index (χ4v) is 2.45. The maximum Gasteiger partial charge on any atom is 0.255 e. The Morgan fingerprint density at radius 1 is 0.923 bits per heavy atom. The molecule has 0 saturated heterocycles. The zero-order valence-corrected chi connectivity index (χ0v) is 15.2. The molecule has 4 heteroatoms. The van der Waals surface area contributed by atoms with Gasteiger partial charge in [0.1, 0.15) is 5.75 Å². The molecule has 1 heterocycles. The fraction of sp³-hybridized carbons (Fsp3) is 0.182. The van der Waals surface area contributed by atoms with Crippen molar-refractivity contribution in [3.05, 3.63) is 84.1 Å². The quantitative estimate of drug-likeness (QED) is 0.686.